The van der Waals surface area contributed by atoms with Crippen LogP contribution in [0.15, 0.2) is 30.5 Å². The lowest BCUT2D eigenvalue weighted by molar-refractivity contribution is -0.317. The molecule has 6 atom stereocenters. The summed E-state index contributed by atoms with van der Waals surface area (Å²) in [7, 11) is 2.02. The summed E-state index contributed by atoms with van der Waals surface area (Å²) in [4.78, 5) is 49.4. The fourth-order valence-electron chi connectivity index (χ4n) is 7.63. The summed E-state index contributed by atoms with van der Waals surface area (Å²) < 4.78 is 6.14. The number of hydrogen-bond donors (Lipinski definition) is 3. The normalized spacial score (nSPS) is 35.8. The Labute approximate surface area is 226 Å². The quantitative estimate of drug-likeness (QED) is 0.549. The highest BCUT2D eigenvalue weighted by atomic mass is 16.7. The summed E-state index contributed by atoms with van der Waals surface area (Å²) in [5.41, 5.74) is 2.78. The molecule has 2 aromatic rings. The van der Waals surface area contributed by atoms with Crippen molar-refractivity contribution in [3.05, 3.63) is 41.6 Å². The Morgan fingerprint density at radius 1 is 1.28 bits per heavy atom. The maximum absolute atomic E-state index is 13.9. The average Bonchev–Trinajstić information content (AvgIpc) is 3.59. The molecule has 10 heteroatoms. The second kappa shape index (κ2) is 8.16. The van der Waals surface area contributed by atoms with Gasteiger partial charge in [0.05, 0.1) is 5.92 Å². The Morgan fingerprint density at radius 2 is 2.08 bits per heavy atom. The van der Waals surface area contributed by atoms with Gasteiger partial charge in [-0.05, 0) is 61.9 Å². The molecule has 3 amide bonds. The van der Waals surface area contributed by atoms with Gasteiger partial charge in [-0.15, -0.1) is 0 Å². The highest BCUT2D eigenvalue weighted by Gasteiger charge is 2.70. The number of nitrogens with zero attached hydrogens (tertiary/aromatic N) is 3. The van der Waals surface area contributed by atoms with Gasteiger partial charge in [-0.1, -0.05) is 32.1 Å². The van der Waals surface area contributed by atoms with Gasteiger partial charge in [0, 0.05) is 36.2 Å². The molecular weight excluding hydrogens is 498 g/mol. The number of aromatic amines is 1. The summed E-state index contributed by atoms with van der Waals surface area (Å²) in [5, 5.41) is 15.9. The van der Waals surface area contributed by atoms with Gasteiger partial charge in [0.15, 0.2) is 0 Å². The van der Waals surface area contributed by atoms with Gasteiger partial charge in [-0.25, -0.2) is 0 Å². The van der Waals surface area contributed by atoms with Crippen molar-refractivity contribution >= 4 is 34.2 Å². The van der Waals surface area contributed by atoms with E-state index in [9.17, 15) is 19.5 Å². The summed E-state index contributed by atoms with van der Waals surface area (Å²) in [6.07, 6.45) is 6.19. The Balaban J connectivity index is 1.21. The molecule has 0 bridgehead atoms. The number of aliphatic hydroxyl groups is 1. The fourth-order valence-corrected chi connectivity index (χ4v) is 7.63. The van der Waals surface area contributed by atoms with Gasteiger partial charge in [0.1, 0.15) is 12.1 Å². The van der Waals surface area contributed by atoms with E-state index in [2.05, 4.69) is 33.5 Å². The number of aromatic nitrogens is 1. The smallest absolute Gasteiger partial charge is 0.280 e. The second-order valence-corrected chi connectivity index (χ2v) is 12.3. The van der Waals surface area contributed by atoms with Gasteiger partial charge in [0.2, 0.25) is 17.5 Å². The van der Waals surface area contributed by atoms with Crippen molar-refractivity contribution in [3.8, 4) is 0 Å². The molecule has 1 aromatic carbocycles. The molecule has 0 unspecified atom stereocenters. The zero-order valence-electron chi connectivity index (χ0n) is 22.7. The number of H-pyrrole nitrogens is 1. The molecule has 206 valence electrons. The maximum atomic E-state index is 13.9. The topological polar surface area (TPSA) is 118 Å². The van der Waals surface area contributed by atoms with Crippen LogP contribution in [0.25, 0.3) is 16.5 Å². The van der Waals surface area contributed by atoms with Crippen LogP contribution in [0.5, 0.6) is 0 Å². The Hall–Kier alpha value is -3.21. The molecule has 5 heterocycles. The molecule has 1 aliphatic carbocycles. The first kappa shape index (κ1) is 24.8. The van der Waals surface area contributed by atoms with Crippen molar-refractivity contribution in [2.45, 2.75) is 69.8 Å². The van der Waals surface area contributed by atoms with Crippen LogP contribution in [-0.4, -0.2) is 92.4 Å². The molecule has 7 rings (SSSR count). The van der Waals surface area contributed by atoms with Crippen molar-refractivity contribution in [1.82, 2.24) is 25.0 Å². The molecule has 39 heavy (non-hydrogen) atoms. The number of nitrogens with one attached hydrogen (secondary N) is 2. The van der Waals surface area contributed by atoms with Crippen molar-refractivity contribution in [1.29, 1.82) is 0 Å². The second-order valence-electron chi connectivity index (χ2n) is 12.3. The van der Waals surface area contributed by atoms with E-state index in [0.717, 1.165) is 29.5 Å². The summed E-state index contributed by atoms with van der Waals surface area (Å²) in [6.45, 7) is 6.18. The monoisotopic (exact) mass is 533 g/mol. The van der Waals surface area contributed by atoms with Crippen LogP contribution in [0.3, 0.4) is 0 Å². The third-order valence-corrected chi connectivity index (χ3v) is 9.43. The molecule has 5 aliphatic rings. The molecule has 0 saturated carbocycles. The van der Waals surface area contributed by atoms with Crippen LogP contribution in [0.2, 0.25) is 0 Å². The predicted octanol–water partition coefficient (Wildman–Crippen LogP) is 1.40. The van der Waals surface area contributed by atoms with Crippen LogP contribution in [0.4, 0.5) is 0 Å². The number of ether oxygens (including phenoxy) is 1. The Morgan fingerprint density at radius 3 is 2.85 bits per heavy atom. The lowest BCUT2D eigenvalue weighted by Gasteiger charge is -2.49. The number of hydrogen-bond acceptors (Lipinski definition) is 6. The highest BCUT2D eigenvalue weighted by molar-refractivity contribution is 6.00. The van der Waals surface area contributed by atoms with Crippen molar-refractivity contribution in [3.63, 3.8) is 0 Å². The molecule has 3 fully saturated rings. The van der Waals surface area contributed by atoms with Gasteiger partial charge >= 0.3 is 0 Å². The zero-order chi connectivity index (χ0) is 27.4. The lowest BCUT2D eigenvalue weighted by atomic mass is 9.79. The van der Waals surface area contributed by atoms with Gasteiger partial charge in [0.25, 0.3) is 11.8 Å². The van der Waals surface area contributed by atoms with E-state index in [4.69, 9.17) is 4.74 Å². The molecule has 0 spiro atoms. The summed E-state index contributed by atoms with van der Waals surface area (Å²) in [5.74, 6) is -3.87. The number of rotatable bonds is 3. The van der Waals surface area contributed by atoms with E-state index >= 15 is 0 Å². The van der Waals surface area contributed by atoms with E-state index < -0.39 is 35.5 Å². The molecule has 1 aromatic heterocycles. The number of benzene rings is 1. The van der Waals surface area contributed by atoms with Crippen LogP contribution in [-0.2, 0) is 25.5 Å². The SMILES string of the molecule is CC(C)[C@H]1C(=O)N2CCC[C@H]2[C@]2(O)O[C@@](C)(NC(=O)[C@H]3C=C4c5cccc6[nH]cc(c56)C[C@H]4N(C)C3)C(=O)N12. The first-order valence-corrected chi connectivity index (χ1v) is 13.9. The highest BCUT2D eigenvalue weighted by Crippen LogP contribution is 2.47. The molecular formula is C29H35N5O5. The third-order valence-electron chi connectivity index (χ3n) is 9.43. The van der Waals surface area contributed by atoms with Crippen LogP contribution in [0.1, 0.15) is 44.7 Å². The largest absolute Gasteiger partial charge is 0.361 e. The number of piperazine rings is 1. The molecule has 3 saturated heterocycles. The van der Waals surface area contributed by atoms with Crippen molar-refractivity contribution < 1.29 is 24.2 Å². The van der Waals surface area contributed by atoms with E-state index in [1.165, 1.54) is 22.8 Å². The first-order valence-electron chi connectivity index (χ1n) is 13.9. The van der Waals surface area contributed by atoms with Gasteiger partial charge in [-0.3, -0.25) is 28.9 Å². The maximum Gasteiger partial charge on any atom is 0.280 e. The predicted molar refractivity (Wildman–Crippen MR) is 143 cm³/mol. The fraction of sp³-hybridized carbons (Fsp3) is 0.552. The number of carbonyl (C=O) groups is 3. The van der Waals surface area contributed by atoms with Gasteiger partial charge < -0.3 is 20.3 Å². The summed E-state index contributed by atoms with van der Waals surface area (Å²) in [6, 6.07) is 4.81. The third kappa shape index (κ3) is 3.28. The van der Waals surface area contributed by atoms with Crippen LogP contribution in [0, 0.1) is 11.8 Å². The molecule has 4 aliphatic heterocycles. The lowest BCUT2D eigenvalue weighted by Crippen LogP contribution is -2.72. The van der Waals surface area contributed by atoms with E-state index in [0.29, 0.717) is 19.5 Å². The number of carbonyl (C=O) groups excluding carboxylic acids is 3. The first-order chi connectivity index (χ1) is 18.5. The Kier molecular flexibility index (Phi) is 5.19. The average molecular weight is 534 g/mol. The van der Waals surface area contributed by atoms with E-state index in [1.807, 2.05) is 33.0 Å². The molecule has 3 N–H and O–H groups in total. The minimum Gasteiger partial charge on any atom is -0.361 e. The van der Waals surface area contributed by atoms with Gasteiger partial charge in [-0.2, -0.15) is 0 Å². The number of amides is 3. The standard InChI is InChI=1S/C29H35N5O5/c1-15(2)24-26(36)33-10-6-9-22(33)29(38)34(24)27(37)28(3,39-29)31-25(35)17-11-19-18-7-5-8-20-23(18)16(13-30-20)12-21(19)32(4)14-17/h5,7-8,11,13,15,17,21-22,24,30,38H,6,9-10,12,14H2,1-4H3,(H,31,35)/t17-,21+,22-,24-,28+,29-/m0/s1. The minimum atomic E-state index is -1.99. The van der Waals surface area contributed by atoms with Crippen LogP contribution < -0.4 is 5.32 Å². The zero-order valence-corrected chi connectivity index (χ0v) is 22.7. The van der Waals surface area contributed by atoms with Crippen molar-refractivity contribution in [2.75, 3.05) is 20.1 Å². The molecule has 0 radical (unpaired) electrons. The van der Waals surface area contributed by atoms with E-state index in [-0.39, 0.29) is 23.8 Å². The Bertz CT molecular complexity index is 1450. The minimum absolute atomic E-state index is 0.156. The van der Waals surface area contributed by atoms with E-state index in [1.54, 1.807) is 4.90 Å². The number of likely N-dealkylation sites (N-methyl/N-ethyl adjacent to an activating group) is 1. The number of fused-ring (bicyclic) bond motifs is 5. The van der Waals surface area contributed by atoms with Crippen molar-refractivity contribution in [2.24, 2.45) is 11.8 Å². The van der Waals surface area contributed by atoms with Crippen LogP contribution >= 0.6 is 0 Å². The molecule has 10 nitrogen and oxygen atoms in total. The summed E-state index contributed by atoms with van der Waals surface area (Å²) >= 11 is 0.